The minimum absolute atomic E-state index is 0.0460. The van der Waals surface area contributed by atoms with E-state index in [4.69, 9.17) is 5.73 Å². The van der Waals surface area contributed by atoms with Crippen molar-refractivity contribution in [2.45, 2.75) is 18.4 Å². The number of hydrogen-bond acceptors (Lipinski definition) is 4. The molecule has 1 aromatic heterocycles. The lowest BCUT2D eigenvalue weighted by Crippen LogP contribution is -2.69. The third-order valence-electron chi connectivity index (χ3n) is 4.23. The van der Waals surface area contributed by atoms with Gasteiger partial charge in [0.25, 0.3) is 0 Å². The van der Waals surface area contributed by atoms with Crippen LogP contribution in [0.1, 0.15) is 12.8 Å². The third-order valence-corrected chi connectivity index (χ3v) is 4.23. The third kappa shape index (κ3) is 1.42. The molecule has 4 heteroatoms. The lowest BCUT2D eigenvalue weighted by molar-refractivity contribution is 0.291. The number of benzene rings is 1. The molecule has 1 saturated carbocycles. The van der Waals surface area contributed by atoms with Crippen molar-refractivity contribution in [2.24, 2.45) is 11.7 Å². The fraction of sp³-hybridized carbons (Fsp3) is 0.429. The lowest BCUT2D eigenvalue weighted by Gasteiger charge is -2.49. The maximum absolute atomic E-state index is 6.40. The second-order valence-electron chi connectivity index (χ2n) is 5.61. The number of anilines is 1. The Balaban J connectivity index is 1.68. The van der Waals surface area contributed by atoms with Crippen molar-refractivity contribution in [1.29, 1.82) is 0 Å². The topological polar surface area (TPSA) is 55.0 Å². The van der Waals surface area contributed by atoms with Crippen molar-refractivity contribution in [3.05, 3.63) is 30.5 Å². The van der Waals surface area contributed by atoms with Gasteiger partial charge in [-0.3, -0.25) is 0 Å². The van der Waals surface area contributed by atoms with Gasteiger partial charge in [-0.15, -0.1) is 0 Å². The van der Waals surface area contributed by atoms with E-state index in [1.165, 1.54) is 23.9 Å². The van der Waals surface area contributed by atoms with E-state index in [2.05, 4.69) is 21.2 Å². The molecule has 2 aromatic rings. The van der Waals surface area contributed by atoms with Crippen LogP contribution in [0.5, 0.6) is 0 Å². The smallest absolute Gasteiger partial charge is 0.0950 e. The standard InChI is InChI=1S/C14H16N4/c15-14(10-5-6-10)8-18(9-14)13-7-16-17-12-4-2-1-3-11(12)13/h1-4,7,10H,5-6,8-9,15H2. The van der Waals surface area contributed by atoms with E-state index in [9.17, 15) is 0 Å². The fourth-order valence-electron chi connectivity index (χ4n) is 3.00. The van der Waals surface area contributed by atoms with Crippen LogP contribution in [0, 0.1) is 5.92 Å². The molecule has 1 aliphatic heterocycles. The van der Waals surface area contributed by atoms with Gasteiger partial charge in [0, 0.05) is 18.5 Å². The summed E-state index contributed by atoms with van der Waals surface area (Å²) in [6, 6.07) is 8.15. The number of nitrogens with zero attached hydrogens (tertiary/aromatic N) is 3. The number of hydrogen-bond donors (Lipinski definition) is 1. The Bertz CT molecular complexity index is 594. The first-order chi connectivity index (χ1) is 8.76. The van der Waals surface area contributed by atoms with Gasteiger partial charge in [-0.25, -0.2) is 0 Å². The molecule has 2 N–H and O–H groups in total. The van der Waals surface area contributed by atoms with Crippen LogP contribution in [0.25, 0.3) is 10.9 Å². The normalized spacial score (nSPS) is 21.9. The van der Waals surface area contributed by atoms with Crippen LogP contribution in [0.15, 0.2) is 30.5 Å². The molecule has 0 spiro atoms. The van der Waals surface area contributed by atoms with E-state index < -0.39 is 0 Å². The van der Waals surface area contributed by atoms with E-state index in [1.807, 2.05) is 24.4 Å². The largest absolute Gasteiger partial charge is 0.366 e. The molecule has 0 unspecified atom stereocenters. The number of nitrogens with two attached hydrogens (primary N) is 1. The predicted octanol–water partition coefficient (Wildman–Crippen LogP) is 1.56. The van der Waals surface area contributed by atoms with E-state index in [0.717, 1.165) is 24.5 Å². The van der Waals surface area contributed by atoms with Gasteiger partial charge in [0.2, 0.25) is 0 Å². The van der Waals surface area contributed by atoms with Crippen molar-refractivity contribution >= 4 is 16.6 Å². The first-order valence-electron chi connectivity index (χ1n) is 6.50. The molecule has 2 aliphatic rings. The Hall–Kier alpha value is -1.68. The molecule has 4 nitrogen and oxygen atoms in total. The van der Waals surface area contributed by atoms with Gasteiger partial charge in [-0.05, 0) is 24.8 Å². The SMILES string of the molecule is NC1(C2CC2)CN(c2cnnc3ccccc23)C1. The summed E-state index contributed by atoms with van der Waals surface area (Å²) in [4.78, 5) is 2.33. The average molecular weight is 240 g/mol. The summed E-state index contributed by atoms with van der Waals surface area (Å²) in [5.74, 6) is 0.745. The van der Waals surface area contributed by atoms with Crippen LogP contribution in [-0.2, 0) is 0 Å². The van der Waals surface area contributed by atoms with E-state index in [0.29, 0.717) is 0 Å². The lowest BCUT2D eigenvalue weighted by atomic mass is 9.85. The summed E-state index contributed by atoms with van der Waals surface area (Å²) in [7, 11) is 0. The first-order valence-corrected chi connectivity index (χ1v) is 6.50. The van der Waals surface area contributed by atoms with Crippen molar-refractivity contribution in [3.63, 3.8) is 0 Å². The zero-order valence-electron chi connectivity index (χ0n) is 10.2. The zero-order valence-corrected chi connectivity index (χ0v) is 10.2. The highest BCUT2D eigenvalue weighted by atomic mass is 15.3. The van der Waals surface area contributed by atoms with Crippen LogP contribution in [-0.4, -0.2) is 28.8 Å². The Morgan fingerprint density at radius 2 is 2.00 bits per heavy atom. The van der Waals surface area contributed by atoms with Crippen LogP contribution in [0.3, 0.4) is 0 Å². The van der Waals surface area contributed by atoms with Gasteiger partial charge in [0.05, 0.1) is 22.9 Å². The molecule has 0 bridgehead atoms. The number of rotatable bonds is 2. The first kappa shape index (κ1) is 10.3. The zero-order chi connectivity index (χ0) is 12.2. The van der Waals surface area contributed by atoms with Gasteiger partial charge >= 0.3 is 0 Å². The average Bonchev–Trinajstić information content (AvgIpc) is 3.19. The van der Waals surface area contributed by atoms with Gasteiger partial charge in [-0.1, -0.05) is 18.2 Å². The van der Waals surface area contributed by atoms with Crippen molar-refractivity contribution in [1.82, 2.24) is 10.2 Å². The van der Waals surface area contributed by atoms with Crippen LogP contribution >= 0.6 is 0 Å². The van der Waals surface area contributed by atoms with Crippen molar-refractivity contribution in [2.75, 3.05) is 18.0 Å². The second kappa shape index (κ2) is 3.42. The Morgan fingerprint density at radius 3 is 2.78 bits per heavy atom. The Labute approximate surface area is 106 Å². The van der Waals surface area contributed by atoms with E-state index >= 15 is 0 Å². The minimum atomic E-state index is 0.0460. The van der Waals surface area contributed by atoms with Gasteiger partial charge in [0.1, 0.15) is 0 Å². The molecular weight excluding hydrogens is 224 g/mol. The quantitative estimate of drug-likeness (QED) is 0.865. The monoisotopic (exact) mass is 240 g/mol. The molecule has 1 aliphatic carbocycles. The molecule has 18 heavy (non-hydrogen) atoms. The highest BCUT2D eigenvalue weighted by Gasteiger charge is 2.50. The maximum Gasteiger partial charge on any atom is 0.0950 e. The molecule has 1 aromatic carbocycles. The summed E-state index contributed by atoms with van der Waals surface area (Å²) in [6.45, 7) is 1.90. The van der Waals surface area contributed by atoms with Crippen LogP contribution in [0.2, 0.25) is 0 Å². The fourth-order valence-corrected chi connectivity index (χ4v) is 3.00. The maximum atomic E-state index is 6.40. The summed E-state index contributed by atoms with van der Waals surface area (Å²) in [5.41, 5.74) is 8.57. The van der Waals surface area contributed by atoms with Gasteiger partial charge in [-0.2, -0.15) is 10.2 Å². The minimum Gasteiger partial charge on any atom is -0.366 e. The van der Waals surface area contributed by atoms with Crippen molar-refractivity contribution < 1.29 is 0 Å². The van der Waals surface area contributed by atoms with E-state index in [1.54, 1.807) is 0 Å². The van der Waals surface area contributed by atoms with Crippen LogP contribution in [0.4, 0.5) is 5.69 Å². The number of aromatic nitrogens is 2. The predicted molar refractivity (Wildman–Crippen MR) is 71.4 cm³/mol. The van der Waals surface area contributed by atoms with Crippen LogP contribution < -0.4 is 10.6 Å². The summed E-state index contributed by atoms with van der Waals surface area (Å²) >= 11 is 0. The molecule has 1 saturated heterocycles. The highest BCUT2D eigenvalue weighted by Crippen LogP contribution is 2.44. The summed E-state index contributed by atoms with van der Waals surface area (Å²) < 4.78 is 0. The van der Waals surface area contributed by atoms with Crippen molar-refractivity contribution in [3.8, 4) is 0 Å². The molecular formula is C14H16N4. The highest BCUT2D eigenvalue weighted by molar-refractivity contribution is 5.91. The molecule has 92 valence electrons. The molecule has 0 radical (unpaired) electrons. The second-order valence-corrected chi connectivity index (χ2v) is 5.61. The Kier molecular flexibility index (Phi) is 1.95. The molecule has 2 heterocycles. The van der Waals surface area contributed by atoms with E-state index in [-0.39, 0.29) is 5.54 Å². The molecule has 2 fully saturated rings. The molecule has 0 atom stereocenters. The van der Waals surface area contributed by atoms with Gasteiger partial charge in [0.15, 0.2) is 0 Å². The molecule has 4 rings (SSSR count). The summed E-state index contributed by atoms with van der Waals surface area (Å²) in [6.07, 6.45) is 4.47. The number of fused-ring (bicyclic) bond motifs is 1. The summed E-state index contributed by atoms with van der Waals surface area (Å²) in [5, 5.41) is 9.42. The van der Waals surface area contributed by atoms with Gasteiger partial charge < -0.3 is 10.6 Å². The Morgan fingerprint density at radius 1 is 1.22 bits per heavy atom. The molecule has 0 amide bonds.